The summed E-state index contributed by atoms with van der Waals surface area (Å²) >= 11 is 7.11. The summed E-state index contributed by atoms with van der Waals surface area (Å²) in [6.45, 7) is 0.725. The Kier molecular flexibility index (Phi) is 5.17. The molecule has 1 aromatic carbocycles. The molecule has 0 unspecified atom stereocenters. The molecule has 1 heterocycles. The van der Waals surface area contributed by atoms with Crippen molar-refractivity contribution in [2.75, 3.05) is 6.54 Å². The highest BCUT2D eigenvalue weighted by atomic mass is 35.5. The number of rotatable bonds is 6. The first-order valence-corrected chi connectivity index (χ1v) is 8.72. The Morgan fingerprint density at radius 2 is 2.05 bits per heavy atom. The van der Waals surface area contributed by atoms with Crippen molar-refractivity contribution in [1.82, 2.24) is 4.72 Å². The van der Waals surface area contributed by atoms with Crippen LogP contribution in [0.4, 0.5) is 0 Å². The molecule has 0 aliphatic heterocycles. The SMILES string of the molecule is NCCc1ccc(S(=O)(=O)NCc2cccc(Cl)c2)s1. The minimum atomic E-state index is -3.48. The van der Waals surface area contributed by atoms with Crippen LogP contribution < -0.4 is 10.5 Å². The molecule has 0 spiro atoms. The van der Waals surface area contributed by atoms with E-state index in [1.807, 2.05) is 6.07 Å². The fourth-order valence-electron chi connectivity index (χ4n) is 1.68. The molecule has 0 amide bonds. The number of nitrogens with two attached hydrogens (primary N) is 1. The summed E-state index contributed by atoms with van der Waals surface area (Å²) in [5.74, 6) is 0. The van der Waals surface area contributed by atoms with Crippen LogP contribution in [0.25, 0.3) is 0 Å². The molecule has 2 aromatic rings. The third-order valence-electron chi connectivity index (χ3n) is 2.65. The molecule has 0 aliphatic carbocycles. The van der Waals surface area contributed by atoms with Gasteiger partial charge in [0.25, 0.3) is 0 Å². The molecule has 3 N–H and O–H groups in total. The van der Waals surface area contributed by atoms with E-state index in [0.717, 1.165) is 10.4 Å². The third-order valence-corrected chi connectivity index (χ3v) is 5.92. The fraction of sp³-hybridized carbons (Fsp3) is 0.231. The second kappa shape index (κ2) is 6.69. The van der Waals surface area contributed by atoms with Gasteiger partial charge in [0.1, 0.15) is 4.21 Å². The van der Waals surface area contributed by atoms with E-state index in [4.69, 9.17) is 17.3 Å². The first-order chi connectivity index (χ1) is 9.51. The summed E-state index contributed by atoms with van der Waals surface area (Å²) in [7, 11) is -3.48. The zero-order valence-corrected chi connectivity index (χ0v) is 13.1. The maximum Gasteiger partial charge on any atom is 0.250 e. The lowest BCUT2D eigenvalue weighted by Crippen LogP contribution is -2.22. The monoisotopic (exact) mass is 330 g/mol. The van der Waals surface area contributed by atoms with Crippen LogP contribution in [-0.4, -0.2) is 15.0 Å². The van der Waals surface area contributed by atoms with Gasteiger partial charge in [-0.25, -0.2) is 13.1 Å². The standard InChI is InChI=1S/C13H15ClN2O2S2/c14-11-3-1-2-10(8-11)9-16-20(17,18)13-5-4-12(19-13)6-7-15/h1-5,8,16H,6-7,9,15H2. The number of sulfonamides is 1. The lowest BCUT2D eigenvalue weighted by atomic mass is 10.2. The summed E-state index contributed by atoms with van der Waals surface area (Å²) in [5.41, 5.74) is 6.28. The highest BCUT2D eigenvalue weighted by Crippen LogP contribution is 2.22. The van der Waals surface area contributed by atoms with Crippen LogP contribution in [0.5, 0.6) is 0 Å². The summed E-state index contributed by atoms with van der Waals surface area (Å²) in [5, 5.41) is 0.586. The van der Waals surface area contributed by atoms with Crippen LogP contribution in [0.2, 0.25) is 5.02 Å². The van der Waals surface area contributed by atoms with Gasteiger partial charge in [-0.15, -0.1) is 11.3 Å². The second-order valence-corrected chi connectivity index (χ2v) is 7.81. The average molecular weight is 331 g/mol. The van der Waals surface area contributed by atoms with Crippen molar-refractivity contribution in [3.63, 3.8) is 0 Å². The zero-order valence-electron chi connectivity index (χ0n) is 10.7. The molecule has 0 atom stereocenters. The van der Waals surface area contributed by atoms with E-state index in [1.165, 1.54) is 11.3 Å². The van der Waals surface area contributed by atoms with Gasteiger partial charge >= 0.3 is 0 Å². The van der Waals surface area contributed by atoms with Crippen molar-refractivity contribution in [3.8, 4) is 0 Å². The van der Waals surface area contributed by atoms with E-state index in [-0.39, 0.29) is 6.54 Å². The van der Waals surface area contributed by atoms with Crippen LogP contribution in [0, 0.1) is 0 Å². The molecule has 7 heteroatoms. The van der Waals surface area contributed by atoms with Gasteiger partial charge in [0.05, 0.1) is 0 Å². The zero-order chi connectivity index (χ0) is 14.6. The maximum absolute atomic E-state index is 12.1. The molecule has 0 fully saturated rings. The Morgan fingerprint density at radius 3 is 2.75 bits per heavy atom. The summed E-state index contributed by atoms with van der Waals surface area (Å²) in [4.78, 5) is 0.968. The van der Waals surface area contributed by atoms with Crippen LogP contribution in [0.3, 0.4) is 0 Å². The molecule has 1 aromatic heterocycles. The van der Waals surface area contributed by atoms with E-state index in [0.29, 0.717) is 22.2 Å². The normalized spacial score (nSPS) is 11.7. The number of hydrogen-bond donors (Lipinski definition) is 2. The van der Waals surface area contributed by atoms with Crippen molar-refractivity contribution in [2.24, 2.45) is 5.73 Å². The van der Waals surface area contributed by atoms with Gasteiger partial charge in [-0.2, -0.15) is 0 Å². The molecule has 0 saturated heterocycles. The molecule has 0 aliphatic rings. The highest BCUT2D eigenvalue weighted by Gasteiger charge is 2.16. The number of nitrogens with one attached hydrogen (secondary N) is 1. The predicted molar refractivity (Wildman–Crippen MR) is 82.6 cm³/mol. The van der Waals surface area contributed by atoms with E-state index in [1.54, 1.807) is 30.3 Å². The minimum Gasteiger partial charge on any atom is -0.330 e. The first-order valence-electron chi connectivity index (χ1n) is 6.04. The van der Waals surface area contributed by atoms with Gasteiger partial charge in [0.2, 0.25) is 10.0 Å². The molecule has 2 rings (SSSR count). The third kappa shape index (κ3) is 4.04. The van der Waals surface area contributed by atoms with Crippen molar-refractivity contribution in [2.45, 2.75) is 17.2 Å². The van der Waals surface area contributed by atoms with Crippen LogP contribution >= 0.6 is 22.9 Å². The van der Waals surface area contributed by atoms with E-state index < -0.39 is 10.0 Å². The molecule has 0 saturated carbocycles. The van der Waals surface area contributed by atoms with Crippen LogP contribution in [-0.2, 0) is 23.0 Å². The van der Waals surface area contributed by atoms with Gasteiger partial charge in [0, 0.05) is 16.4 Å². The lowest BCUT2D eigenvalue weighted by molar-refractivity contribution is 0.583. The molecular weight excluding hydrogens is 316 g/mol. The molecule has 108 valence electrons. The molecule has 20 heavy (non-hydrogen) atoms. The van der Waals surface area contributed by atoms with E-state index in [9.17, 15) is 8.42 Å². The Morgan fingerprint density at radius 1 is 1.25 bits per heavy atom. The number of benzene rings is 1. The molecule has 4 nitrogen and oxygen atoms in total. The molecular formula is C13H15ClN2O2S2. The first kappa shape index (κ1) is 15.5. The maximum atomic E-state index is 12.1. The largest absolute Gasteiger partial charge is 0.330 e. The Labute approximate surface area is 127 Å². The highest BCUT2D eigenvalue weighted by molar-refractivity contribution is 7.91. The predicted octanol–water partition coefficient (Wildman–Crippen LogP) is 2.38. The topological polar surface area (TPSA) is 72.2 Å². The van der Waals surface area contributed by atoms with Crippen LogP contribution in [0.1, 0.15) is 10.4 Å². The second-order valence-electron chi connectivity index (χ2n) is 4.21. The van der Waals surface area contributed by atoms with Gasteiger partial charge in [-0.3, -0.25) is 0 Å². The quantitative estimate of drug-likeness (QED) is 0.854. The Balaban J connectivity index is 2.06. The van der Waals surface area contributed by atoms with Crippen molar-refractivity contribution in [1.29, 1.82) is 0 Å². The van der Waals surface area contributed by atoms with E-state index >= 15 is 0 Å². The minimum absolute atomic E-state index is 0.215. The molecule has 0 radical (unpaired) electrons. The Bertz CT molecular complexity index is 683. The fourth-order valence-corrected chi connectivity index (χ4v) is 4.32. The summed E-state index contributed by atoms with van der Waals surface area (Å²) < 4.78 is 27.2. The average Bonchev–Trinajstić information content (AvgIpc) is 2.87. The number of thiophene rings is 1. The molecule has 0 bridgehead atoms. The van der Waals surface area contributed by atoms with Gasteiger partial charge in [-0.05, 0) is 42.8 Å². The number of halogens is 1. The van der Waals surface area contributed by atoms with Crippen molar-refractivity contribution in [3.05, 3.63) is 51.9 Å². The van der Waals surface area contributed by atoms with Gasteiger partial charge in [0.15, 0.2) is 0 Å². The smallest absolute Gasteiger partial charge is 0.250 e. The van der Waals surface area contributed by atoms with Crippen LogP contribution in [0.15, 0.2) is 40.6 Å². The van der Waals surface area contributed by atoms with E-state index in [2.05, 4.69) is 4.72 Å². The number of hydrogen-bond acceptors (Lipinski definition) is 4. The Hall–Kier alpha value is -0.920. The van der Waals surface area contributed by atoms with Crippen molar-refractivity contribution >= 4 is 33.0 Å². The van der Waals surface area contributed by atoms with Crippen molar-refractivity contribution < 1.29 is 8.42 Å². The lowest BCUT2D eigenvalue weighted by Gasteiger charge is -2.05. The summed E-state index contributed by atoms with van der Waals surface area (Å²) in [6.07, 6.45) is 0.689. The van der Waals surface area contributed by atoms with Gasteiger partial charge in [-0.1, -0.05) is 23.7 Å². The summed E-state index contributed by atoms with van der Waals surface area (Å²) in [6, 6.07) is 10.5. The van der Waals surface area contributed by atoms with Gasteiger partial charge < -0.3 is 5.73 Å².